The topological polar surface area (TPSA) is 40.5 Å². The van der Waals surface area contributed by atoms with Gasteiger partial charge in [0, 0.05) is 25.6 Å². The first-order valence-electron chi connectivity index (χ1n) is 7.24. The Bertz CT molecular complexity index is 459. The van der Waals surface area contributed by atoms with Gasteiger partial charge in [0.1, 0.15) is 5.60 Å². The van der Waals surface area contributed by atoms with Crippen LogP contribution in [0.15, 0.2) is 30.3 Å². The lowest BCUT2D eigenvalue weighted by Gasteiger charge is -2.48. The van der Waals surface area contributed by atoms with Crippen molar-refractivity contribution in [2.45, 2.75) is 50.3 Å². The Hall–Kier alpha value is -1.19. The summed E-state index contributed by atoms with van der Waals surface area (Å²) in [5.41, 5.74) is 0.176. The van der Waals surface area contributed by atoms with Gasteiger partial charge in [0.25, 0.3) is 0 Å². The van der Waals surface area contributed by atoms with Gasteiger partial charge in [-0.3, -0.25) is 9.69 Å². The van der Waals surface area contributed by atoms with Crippen LogP contribution in [0.3, 0.4) is 0 Å². The molecule has 0 spiro atoms. The predicted octanol–water partition coefficient (Wildman–Crippen LogP) is 2.14. The Kier molecular flexibility index (Phi) is 3.42. The van der Waals surface area contributed by atoms with E-state index in [1.807, 2.05) is 18.2 Å². The first-order valence-corrected chi connectivity index (χ1v) is 7.24. The lowest BCUT2D eigenvalue weighted by Crippen LogP contribution is -2.62. The molecule has 3 rings (SSSR count). The summed E-state index contributed by atoms with van der Waals surface area (Å²) in [6, 6.07) is 10.3. The number of nitrogens with zero attached hydrogens (tertiary/aromatic N) is 1. The van der Waals surface area contributed by atoms with Gasteiger partial charge in [-0.25, -0.2) is 0 Å². The molecule has 1 aromatic carbocycles. The second-order valence-corrected chi connectivity index (χ2v) is 5.82. The fraction of sp³-hybridized carbons (Fsp3) is 0.562. The number of ketones is 1. The molecule has 1 aliphatic carbocycles. The molecule has 2 aliphatic rings. The molecule has 3 nitrogen and oxygen atoms in total. The van der Waals surface area contributed by atoms with E-state index in [-0.39, 0.29) is 11.8 Å². The van der Waals surface area contributed by atoms with Crippen LogP contribution in [0, 0.1) is 0 Å². The minimum Gasteiger partial charge on any atom is -0.380 e. The van der Waals surface area contributed by atoms with Crippen molar-refractivity contribution in [1.82, 2.24) is 4.90 Å². The number of rotatable bonds is 2. The Morgan fingerprint density at radius 2 is 2.05 bits per heavy atom. The number of piperidine rings is 1. The van der Waals surface area contributed by atoms with Crippen LogP contribution in [-0.4, -0.2) is 34.0 Å². The first kappa shape index (κ1) is 12.8. The van der Waals surface area contributed by atoms with Gasteiger partial charge >= 0.3 is 0 Å². The SMILES string of the molecule is O=C1CCN(Cc2ccccc2)[C@@H]2CCCC[C@]12O. The smallest absolute Gasteiger partial charge is 0.167 e. The zero-order valence-electron chi connectivity index (χ0n) is 11.2. The maximum atomic E-state index is 12.1. The number of likely N-dealkylation sites (tertiary alicyclic amines) is 1. The predicted molar refractivity (Wildman–Crippen MR) is 73.7 cm³/mol. The molecule has 0 radical (unpaired) electrons. The first-order chi connectivity index (χ1) is 9.20. The third-order valence-electron chi connectivity index (χ3n) is 4.61. The Morgan fingerprint density at radius 3 is 2.84 bits per heavy atom. The number of hydrogen-bond donors (Lipinski definition) is 1. The van der Waals surface area contributed by atoms with Crippen molar-refractivity contribution in [1.29, 1.82) is 0 Å². The van der Waals surface area contributed by atoms with Crippen LogP contribution in [0.2, 0.25) is 0 Å². The van der Waals surface area contributed by atoms with E-state index in [9.17, 15) is 9.90 Å². The molecule has 3 heteroatoms. The van der Waals surface area contributed by atoms with Gasteiger partial charge in [-0.05, 0) is 24.8 Å². The van der Waals surface area contributed by atoms with Crippen LogP contribution in [-0.2, 0) is 11.3 Å². The molecule has 2 atom stereocenters. The van der Waals surface area contributed by atoms with E-state index in [1.165, 1.54) is 5.56 Å². The van der Waals surface area contributed by atoms with Gasteiger partial charge in [0.2, 0.25) is 0 Å². The highest BCUT2D eigenvalue weighted by molar-refractivity contribution is 5.89. The summed E-state index contributed by atoms with van der Waals surface area (Å²) < 4.78 is 0. The van der Waals surface area contributed by atoms with Crippen LogP contribution in [0.1, 0.15) is 37.7 Å². The molecular formula is C16H21NO2. The average Bonchev–Trinajstić information content (AvgIpc) is 2.44. The highest BCUT2D eigenvalue weighted by atomic mass is 16.3. The third-order valence-corrected chi connectivity index (χ3v) is 4.61. The van der Waals surface area contributed by atoms with Gasteiger partial charge in [0.15, 0.2) is 5.78 Å². The van der Waals surface area contributed by atoms with Crippen LogP contribution in [0.4, 0.5) is 0 Å². The van der Waals surface area contributed by atoms with E-state index in [1.54, 1.807) is 0 Å². The number of hydrogen-bond acceptors (Lipinski definition) is 3. The van der Waals surface area contributed by atoms with E-state index >= 15 is 0 Å². The van der Waals surface area contributed by atoms with Crippen LogP contribution < -0.4 is 0 Å². The molecule has 1 aliphatic heterocycles. The van der Waals surface area contributed by atoms with E-state index in [2.05, 4.69) is 17.0 Å². The van der Waals surface area contributed by atoms with E-state index in [0.29, 0.717) is 12.8 Å². The average molecular weight is 259 g/mol. The molecule has 1 saturated carbocycles. The van der Waals surface area contributed by atoms with E-state index in [0.717, 1.165) is 32.4 Å². The minimum absolute atomic E-state index is 0.0164. The maximum absolute atomic E-state index is 12.1. The zero-order chi connectivity index (χ0) is 13.3. The fourth-order valence-corrected chi connectivity index (χ4v) is 3.57. The van der Waals surface area contributed by atoms with Crippen molar-refractivity contribution in [3.8, 4) is 0 Å². The second kappa shape index (κ2) is 5.06. The van der Waals surface area contributed by atoms with Gasteiger partial charge in [-0.2, -0.15) is 0 Å². The molecule has 1 heterocycles. The number of carbonyl (C=O) groups is 1. The molecule has 19 heavy (non-hydrogen) atoms. The Balaban J connectivity index is 1.80. The van der Waals surface area contributed by atoms with Crippen molar-refractivity contribution in [2.24, 2.45) is 0 Å². The van der Waals surface area contributed by atoms with E-state index < -0.39 is 5.60 Å². The monoisotopic (exact) mass is 259 g/mol. The summed E-state index contributed by atoms with van der Waals surface area (Å²) in [5.74, 6) is 0.0570. The fourth-order valence-electron chi connectivity index (χ4n) is 3.57. The third kappa shape index (κ3) is 2.33. The zero-order valence-corrected chi connectivity index (χ0v) is 11.2. The summed E-state index contributed by atoms with van der Waals surface area (Å²) in [5, 5.41) is 10.7. The summed E-state index contributed by atoms with van der Waals surface area (Å²) in [6.07, 6.45) is 4.15. The number of fused-ring (bicyclic) bond motifs is 1. The molecule has 1 saturated heterocycles. The van der Waals surface area contributed by atoms with Gasteiger partial charge in [-0.15, -0.1) is 0 Å². The molecule has 102 valence electrons. The van der Waals surface area contributed by atoms with Crippen molar-refractivity contribution in [3.63, 3.8) is 0 Å². The molecule has 0 amide bonds. The maximum Gasteiger partial charge on any atom is 0.167 e. The van der Waals surface area contributed by atoms with Crippen LogP contribution in [0.25, 0.3) is 0 Å². The number of carbonyl (C=O) groups excluding carboxylic acids is 1. The van der Waals surface area contributed by atoms with Crippen molar-refractivity contribution < 1.29 is 9.90 Å². The molecule has 1 aromatic rings. The lowest BCUT2D eigenvalue weighted by atomic mass is 9.73. The highest BCUT2D eigenvalue weighted by Gasteiger charge is 2.50. The summed E-state index contributed by atoms with van der Waals surface area (Å²) in [7, 11) is 0. The van der Waals surface area contributed by atoms with Gasteiger partial charge < -0.3 is 5.11 Å². The second-order valence-electron chi connectivity index (χ2n) is 5.82. The summed E-state index contributed by atoms with van der Waals surface area (Å²) >= 11 is 0. The number of aliphatic hydroxyl groups is 1. The Morgan fingerprint density at radius 1 is 1.26 bits per heavy atom. The molecule has 0 aromatic heterocycles. The molecular weight excluding hydrogens is 238 g/mol. The minimum atomic E-state index is -1.08. The van der Waals surface area contributed by atoms with Crippen LogP contribution in [0.5, 0.6) is 0 Å². The van der Waals surface area contributed by atoms with Crippen LogP contribution >= 0.6 is 0 Å². The molecule has 2 fully saturated rings. The largest absolute Gasteiger partial charge is 0.380 e. The van der Waals surface area contributed by atoms with Crippen molar-refractivity contribution in [3.05, 3.63) is 35.9 Å². The normalized spacial score (nSPS) is 32.1. The summed E-state index contributed by atoms with van der Waals surface area (Å²) in [4.78, 5) is 14.4. The molecule has 0 bridgehead atoms. The van der Waals surface area contributed by atoms with E-state index in [4.69, 9.17) is 0 Å². The number of Topliss-reactive ketones (excluding diaryl/α,β-unsaturated/α-hetero) is 1. The molecule has 1 N–H and O–H groups in total. The van der Waals surface area contributed by atoms with Gasteiger partial charge in [0.05, 0.1) is 0 Å². The Labute approximate surface area is 114 Å². The highest BCUT2D eigenvalue weighted by Crippen LogP contribution is 2.37. The quantitative estimate of drug-likeness (QED) is 0.884. The van der Waals surface area contributed by atoms with Crippen molar-refractivity contribution >= 4 is 5.78 Å². The summed E-state index contributed by atoms with van der Waals surface area (Å²) in [6.45, 7) is 1.61. The van der Waals surface area contributed by atoms with Crippen molar-refractivity contribution in [2.75, 3.05) is 6.54 Å². The number of benzene rings is 1. The molecule has 0 unspecified atom stereocenters. The standard InChI is InChI=1S/C16H21NO2/c18-15-9-11-17(12-13-6-2-1-3-7-13)14-8-4-5-10-16(14,15)19/h1-3,6-7,14,19H,4-5,8-12H2/t14-,16-/m1/s1. The lowest BCUT2D eigenvalue weighted by molar-refractivity contribution is -0.159. The van der Waals surface area contributed by atoms with Gasteiger partial charge in [-0.1, -0.05) is 36.8 Å².